The standard InChI is InChI=1S/C23H23F2N5O3/c24-23(25,18-9-2-1-3-10-18)20(31)12-11-19-15-33-22(32)30(19)13-5-7-16-6-4-8-17(14-16)21-26-28-29-27-21/h1-4,6,8-12,14,19-20,31H,5,7,13,15H2,(H,26,27,28,29). The molecular formula is C23H23F2N5O3. The fraction of sp³-hybridized carbons (Fsp3) is 0.304. The van der Waals surface area contributed by atoms with Gasteiger partial charge in [-0.1, -0.05) is 60.7 Å². The fourth-order valence-electron chi connectivity index (χ4n) is 3.67. The summed E-state index contributed by atoms with van der Waals surface area (Å²) in [5, 5.41) is 24.0. The summed E-state index contributed by atoms with van der Waals surface area (Å²) in [6, 6.07) is 14.3. The number of tetrazole rings is 1. The summed E-state index contributed by atoms with van der Waals surface area (Å²) >= 11 is 0. The third kappa shape index (κ3) is 5.23. The van der Waals surface area contributed by atoms with Crippen LogP contribution in [0.3, 0.4) is 0 Å². The number of carbonyl (C=O) groups is 1. The molecule has 1 saturated heterocycles. The van der Waals surface area contributed by atoms with E-state index in [1.165, 1.54) is 35.2 Å². The van der Waals surface area contributed by atoms with Crippen LogP contribution in [0.5, 0.6) is 0 Å². The molecule has 10 heteroatoms. The van der Waals surface area contributed by atoms with Crippen molar-refractivity contribution in [2.45, 2.75) is 30.9 Å². The molecule has 2 N–H and O–H groups in total. The zero-order valence-corrected chi connectivity index (χ0v) is 17.6. The van der Waals surface area contributed by atoms with Crippen molar-refractivity contribution in [3.63, 3.8) is 0 Å². The number of nitrogens with zero attached hydrogens (tertiary/aromatic N) is 4. The number of benzene rings is 2. The molecule has 4 rings (SSSR count). The van der Waals surface area contributed by atoms with Gasteiger partial charge in [-0.25, -0.2) is 4.79 Å². The van der Waals surface area contributed by atoms with Crippen molar-refractivity contribution in [1.82, 2.24) is 25.5 Å². The Labute approximate surface area is 188 Å². The van der Waals surface area contributed by atoms with Crippen molar-refractivity contribution >= 4 is 6.09 Å². The quantitative estimate of drug-likeness (QED) is 0.480. The summed E-state index contributed by atoms with van der Waals surface area (Å²) in [4.78, 5) is 13.6. The summed E-state index contributed by atoms with van der Waals surface area (Å²) < 4.78 is 34.1. The number of hydrogen-bond donors (Lipinski definition) is 2. The number of alkyl halides is 2. The lowest BCUT2D eigenvalue weighted by molar-refractivity contribution is -0.0929. The maximum atomic E-state index is 14.5. The lowest BCUT2D eigenvalue weighted by Crippen LogP contribution is -2.34. The first-order valence-corrected chi connectivity index (χ1v) is 10.5. The maximum absolute atomic E-state index is 14.5. The third-order valence-corrected chi connectivity index (χ3v) is 5.45. The topological polar surface area (TPSA) is 104 Å². The average Bonchev–Trinajstić information content (AvgIpc) is 3.49. The Hall–Kier alpha value is -3.66. The molecule has 3 aromatic rings. The Balaban J connectivity index is 1.35. The summed E-state index contributed by atoms with van der Waals surface area (Å²) in [6.45, 7) is 0.428. The molecule has 0 bridgehead atoms. The number of H-pyrrole nitrogens is 1. The predicted molar refractivity (Wildman–Crippen MR) is 115 cm³/mol. The fourth-order valence-corrected chi connectivity index (χ4v) is 3.67. The number of hydrogen-bond acceptors (Lipinski definition) is 6. The second kappa shape index (κ2) is 9.86. The van der Waals surface area contributed by atoms with E-state index >= 15 is 0 Å². The zero-order valence-electron chi connectivity index (χ0n) is 17.6. The lowest BCUT2D eigenvalue weighted by Gasteiger charge is -2.22. The Morgan fingerprint density at radius 1 is 1.24 bits per heavy atom. The molecule has 8 nitrogen and oxygen atoms in total. The van der Waals surface area contributed by atoms with Crippen LogP contribution in [0, 0.1) is 0 Å². The maximum Gasteiger partial charge on any atom is 0.410 e. The number of carbonyl (C=O) groups excluding carboxylic acids is 1. The molecule has 1 aromatic heterocycles. The molecule has 2 heterocycles. The van der Waals surface area contributed by atoms with Gasteiger partial charge in [0.05, 0.1) is 6.04 Å². The minimum atomic E-state index is -3.45. The van der Waals surface area contributed by atoms with E-state index in [-0.39, 0.29) is 12.2 Å². The smallest absolute Gasteiger partial charge is 0.410 e. The van der Waals surface area contributed by atoms with Crippen LogP contribution in [0.25, 0.3) is 11.4 Å². The Kier molecular flexibility index (Phi) is 6.74. The van der Waals surface area contributed by atoms with Gasteiger partial charge in [-0.05, 0) is 29.7 Å². The van der Waals surface area contributed by atoms with Crippen LogP contribution in [0.15, 0.2) is 66.7 Å². The van der Waals surface area contributed by atoms with Gasteiger partial charge in [-0.2, -0.15) is 14.0 Å². The van der Waals surface area contributed by atoms with Crippen molar-refractivity contribution < 1.29 is 23.4 Å². The highest BCUT2D eigenvalue weighted by molar-refractivity contribution is 5.70. The molecule has 1 fully saturated rings. The number of aromatic nitrogens is 4. The van der Waals surface area contributed by atoms with Gasteiger partial charge in [0.2, 0.25) is 5.82 Å². The van der Waals surface area contributed by atoms with Gasteiger partial charge < -0.3 is 9.84 Å². The van der Waals surface area contributed by atoms with E-state index in [1.54, 1.807) is 6.07 Å². The molecule has 1 amide bonds. The molecule has 0 saturated carbocycles. The molecule has 1 aliphatic heterocycles. The normalized spacial score (nSPS) is 17.5. The number of aliphatic hydroxyl groups excluding tert-OH is 1. The monoisotopic (exact) mass is 455 g/mol. The number of nitrogens with one attached hydrogen (secondary N) is 1. The number of aliphatic hydroxyl groups is 1. The van der Waals surface area contributed by atoms with E-state index in [0.29, 0.717) is 25.2 Å². The first-order chi connectivity index (χ1) is 15.9. The van der Waals surface area contributed by atoms with Gasteiger partial charge in [-0.15, -0.1) is 10.2 Å². The molecule has 33 heavy (non-hydrogen) atoms. The molecule has 2 atom stereocenters. The number of aryl methyl sites for hydroxylation is 1. The second-order valence-electron chi connectivity index (χ2n) is 7.70. The summed E-state index contributed by atoms with van der Waals surface area (Å²) in [7, 11) is 0. The van der Waals surface area contributed by atoms with Crippen LogP contribution in [0.2, 0.25) is 0 Å². The van der Waals surface area contributed by atoms with E-state index in [9.17, 15) is 18.7 Å². The van der Waals surface area contributed by atoms with Crippen LogP contribution >= 0.6 is 0 Å². The van der Waals surface area contributed by atoms with E-state index in [0.717, 1.165) is 17.2 Å². The number of rotatable bonds is 9. The van der Waals surface area contributed by atoms with Crippen LogP contribution in [-0.2, 0) is 17.1 Å². The van der Waals surface area contributed by atoms with Crippen LogP contribution in [0.4, 0.5) is 13.6 Å². The van der Waals surface area contributed by atoms with Crippen LogP contribution < -0.4 is 0 Å². The van der Waals surface area contributed by atoms with Gasteiger partial charge in [0.25, 0.3) is 0 Å². The molecular weight excluding hydrogens is 432 g/mol. The van der Waals surface area contributed by atoms with E-state index in [2.05, 4.69) is 20.6 Å². The predicted octanol–water partition coefficient (Wildman–Crippen LogP) is 3.33. The van der Waals surface area contributed by atoms with Gasteiger partial charge in [0.15, 0.2) is 0 Å². The minimum absolute atomic E-state index is 0.0479. The molecule has 2 unspecified atom stereocenters. The number of ether oxygens (including phenoxy) is 1. The van der Waals surface area contributed by atoms with Crippen molar-refractivity contribution in [2.24, 2.45) is 0 Å². The molecule has 172 valence electrons. The highest BCUT2D eigenvalue weighted by atomic mass is 19.3. The number of halogens is 2. The van der Waals surface area contributed by atoms with E-state index in [1.807, 2.05) is 24.3 Å². The van der Waals surface area contributed by atoms with Crippen molar-refractivity contribution in [3.05, 3.63) is 77.9 Å². The zero-order chi connectivity index (χ0) is 23.3. The van der Waals surface area contributed by atoms with Gasteiger partial charge in [-0.3, -0.25) is 4.90 Å². The Morgan fingerprint density at radius 2 is 2.06 bits per heavy atom. The minimum Gasteiger partial charge on any atom is -0.447 e. The SMILES string of the molecule is O=C1OCC(C=CC(O)C(F)(F)c2ccccc2)N1CCCc1cccc(-c2nn[nH]n2)c1. The molecule has 1 aliphatic rings. The lowest BCUT2D eigenvalue weighted by atomic mass is 10.0. The average molecular weight is 455 g/mol. The van der Waals surface area contributed by atoms with E-state index < -0.39 is 24.2 Å². The Bertz CT molecular complexity index is 1090. The van der Waals surface area contributed by atoms with Gasteiger partial charge in [0.1, 0.15) is 12.7 Å². The highest BCUT2D eigenvalue weighted by Gasteiger charge is 2.39. The van der Waals surface area contributed by atoms with Crippen molar-refractivity contribution in [1.29, 1.82) is 0 Å². The molecule has 0 aliphatic carbocycles. The van der Waals surface area contributed by atoms with Crippen molar-refractivity contribution in [3.8, 4) is 11.4 Å². The van der Waals surface area contributed by atoms with Gasteiger partial charge >= 0.3 is 12.0 Å². The number of aromatic amines is 1. The Morgan fingerprint density at radius 3 is 2.82 bits per heavy atom. The number of cyclic esters (lactones) is 1. The first kappa shape index (κ1) is 22.5. The first-order valence-electron chi connectivity index (χ1n) is 10.5. The largest absolute Gasteiger partial charge is 0.447 e. The highest BCUT2D eigenvalue weighted by Crippen LogP contribution is 2.32. The third-order valence-electron chi connectivity index (χ3n) is 5.45. The van der Waals surface area contributed by atoms with Crippen LogP contribution in [-0.4, -0.2) is 62.0 Å². The van der Waals surface area contributed by atoms with Gasteiger partial charge in [0, 0.05) is 17.7 Å². The molecule has 0 spiro atoms. The van der Waals surface area contributed by atoms with Crippen LogP contribution in [0.1, 0.15) is 17.5 Å². The molecule has 2 aromatic carbocycles. The summed E-state index contributed by atoms with van der Waals surface area (Å²) in [6.07, 6.45) is 1.22. The second-order valence-corrected chi connectivity index (χ2v) is 7.70. The van der Waals surface area contributed by atoms with E-state index in [4.69, 9.17) is 4.74 Å². The number of amides is 1. The molecule has 0 radical (unpaired) electrons. The van der Waals surface area contributed by atoms with Crippen molar-refractivity contribution in [2.75, 3.05) is 13.2 Å². The summed E-state index contributed by atoms with van der Waals surface area (Å²) in [5.74, 6) is -2.95. The summed E-state index contributed by atoms with van der Waals surface area (Å²) in [5.41, 5.74) is 1.59.